The van der Waals surface area contributed by atoms with Crippen LogP contribution < -0.4 is 15.8 Å². The molecule has 1 amide bonds. The molecule has 0 saturated carbocycles. The van der Waals surface area contributed by atoms with Crippen LogP contribution >= 0.6 is 0 Å². The predicted molar refractivity (Wildman–Crippen MR) is 55.8 cm³/mol. The largest absolute Gasteiger partial charge is 0.496 e. The average Bonchev–Trinajstić information content (AvgIpc) is 2.24. The number of halogens is 3. The minimum Gasteiger partial charge on any atom is -0.496 e. The van der Waals surface area contributed by atoms with E-state index in [-0.39, 0.29) is 17.0 Å². The number of carbonyl (C=O) groups excluding carboxylic acids is 1. The number of amides is 1. The van der Waals surface area contributed by atoms with E-state index in [0.29, 0.717) is 0 Å². The maximum absolute atomic E-state index is 11.9. The van der Waals surface area contributed by atoms with Gasteiger partial charge in [0.2, 0.25) is 0 Å². The molecule has 0 unspecified atom stereocenters. The number of alkyl halides is 3. The molecule has 0 aromatic heterocycles. The van der Waals surface area contributed by atoms with E-state index in [0.717, 1.165) is 0 Å². The molecule has 3 N–H and O–H groups in total. The third-order valence-electron chi connectivity index (χ3n) is 1.95. The van der Waals surface area contributed by atoms with Crippen LogP contribution in [-0.2, 0) is 0 Å². The summed E-state index contributed by atoms with van der Waals surface area (Å²) in [4.78, 5) is 11.5. The van der Waals surface area contributed by atoms with Gasteiger partial charge in [0.1, 0.15) is 17.9 Å². The second kappa shape index (κ2) is 4.94. The molecular weight excluding hydrogens is 237 g/mol. The number of nitrogen functional groups attached to an aromatic ring is 1. The van der Waals surface area contributed by atoms with Crippen molar-refractivity contribution in [1.29, 1.82) is 0 Å². The van der Waals surface area contributed by atoms with Crippen molar-refractivity contribution < 1.29 is 22.7 Å². The van der Waals surface area contributed by atoms with Crippen molar-refractivity contribution >= 4 is 11.6 Å². The Kier molecular flexibility index (Phi) is 3.82. The molecule has 1 rings (SSSR count). The average molecular weight is 248 g/mol. The second-order valence-corrected chi connectivity index (χ2v) is 3.22. The SMILES string of the molecule is COc1cccc(N)c1C(=O)NCC(F)(F)F. The first-order valence-electron chi connectivity index (χ1n) is 4.62. The molecule has 0 aliphatic carbocycles. The van der Waals surface area contributed by atoms with Crippen molar-refractivity contribution in [3.8, 4) is 5.75 Å². The van der Waals surface area contributed by atoms with E-state index in [9.17, 15) is 18.0 Å². The standard InChI is InChI=1S/C10H11F3N2O2/c1-17-7-4-2-3-6(14)8(7)9(16)15-5-10(11,12)13/h2-4H,5,14H2,1H3,(H,15,16). The Labute approximate surface area is 95.6 Å². The van der Waals surface area contributed by atoms with Crippen LogP contribution in [0.1, 0.15) is 10.4 Å². The number of methoxy groups -OCH3 is 1. The Morgan fingerprint density at radius 3 is 2.65 bits per heavy atom. The highest BCUT2D eigenvalue weighted by molar-refractivity contribution is 6.01. The quantitative estimate of drug-likeness (QED) is 0.798. The van der Waals surface area contributed by atoms with Gasteiger partial charge in [-0.15, -0.1) is 0 Å². The van der Waals surface area contributed by atoms with Gasteiger partial charge in [0.25, 0.3) is 5.91 Å². The summed E-state index contributed by atoms with van der Waals surface area (Å²) in [6.45, 7) is -1.41. The Bertz CT molecular complexity index is 419. The minimum atomic E-state index is -4.47. The van der Waals surface area contributed by atoms with Crippen molar-refractivity contribution in [2.24, 2.45) is 0 Å². The van der Waals surface area contributed by atoms with E-state index >= 15 is 0 Å². The molecule has 7 heteroatoms. The zero-order chi connectivity index (χ0) is 13.1. The van der Waals surface area contributed by atoms with E-state index in [1.165, 1.54) is 25.3 Å². The number of benzene rings is 1. The van der Waals surface area contributed by atoms with Crippen LogP contribution in [0.2, 0.25) is 0 Å². The Balaban J connectivity index is 2.89. The first-order chi connectivity index (χ1) is 7.85. The van der Waals surface area contributed by atoms with Gasteiger partial charge < -0.3 is 15.8 Å². The molecule has 0 fully saturated rings. The lowest BCUT2D eigenvalue weighted by atomic mass is 10.1. The number of anilines is 1. The van der Waals surface area contributed by atoms with Crippen molar-refractivity contribution in [2.75, 3.05) is 19.4 Å². The van der Waals surface area contributed by atoms with Gasteiger partial charge in [-0.1, -0.05) is 6.07 Å². The summed E-state index contributed by atoms with van der Waals surface area (Å²) < 4.78 is 40.7. The highest BCUT2D eigenvalue weighted by atomic mass is 19.4. The van der Waals surface area contributed by atoms with E-state index in [4.69, 9.17) is 10.5 Å². The fraction of sp³-hybridized carbons (Fsp3) is 0.300. The maximum Gasteiger partial charge on any atom is 0.405 e. The van der Waals surface area contributed by atoms with Gasteiger partial charge in [-0.25, -0.2) is 0 Å². The fourth-order valence-electron chi connectivity index (χ4n) is 1.23. The summed E-state index contributed by atoms with van der Waals surface area (Å²) in [5.41, 5.74) is 5.48. The van der Waals surface area contributed by atoms with Gasteiger partial charge in [0.05, 0.1) is 7.11 Å². The number of ether oxygens (including phenoxy) is 1. The molecule has 0 saturated heterocycles. The summed E-state index contributed by atoms with van der Waals surface area (Å²) in [7, 11) is 1.30. The summed E-state index contributed by atoms with van der Waals surface area (Å²) in [5, 5.41) is 1.73. The topological polar surface area (TPSA) is 64.3 Å². The Morgan fingerprint density at radius 2 is 2.12 bits per heavy atom. The molecule has 4 nitrogen and oxygen atoms in total. The van der Waals surface area contributed by atoms with E-state index in [1.54, 1.807) is 5.32 Å². The molecule has 0 radical (unpaired) electrons. The zero-order valence-electron chi connectivity index (χ0n) is 8.97. The number of nitrogens with one attached hydrogen (secondary N) is 1. The number of hydrogen-bond donors (Lipinski definition) is 2. The minimum absolute atomic E-state index is 0.0593. The zero-order valence-corrected chi connectivity index (χ0v) is 8.97. The lowest BCUT2D eigenvalue weighted by Gasteiger charge is -2.12. The molecule has 0 spiro atoms. The Morgan fingerprint density at radius 1 is 1.47 bits per heavy atom. The molecule has 0 bridgehead atoms. The first kappa shape index (κ1) is 13.1. The smallest absolute Gasteiger partial charge is 0.405 e. The summed E-state index contributed by atoms with van der Waals surface area (Å²) in [6.07, 6.45) is -4.47. The van der Waals surface area contributed by atoms with Crippen molar-refractivity contribution in [2.45, 2.75) is 6.18 Å². The third kappa shape index (κ3) is 3.54. The number of carbonyl (C=O) groups is 1. The maximum atomic E-state index is 11.9. The number of nitrogens with two attached hydrogens (primary N) is 1. The molecule has 1 aromatic rings. The lowest BCUT2D eigenvalue weighted by Crippen LogP contribution is -2.34. The number of hydrogen-bond acceptors (Lipinski definition) is 3. The fourth-order valence-corrected chi connectivity index (χ4v) is 1.23. The van der Waals surface area contributed by atoms with Gasteiger partial charge in [0, 0.05) is 5.69 Å². The predicted octanol–water partition coefficient (Wildman–Crippen LogP) is 1.57. The summed E-state index contributed by atoms with van der Waals surface area (Å²) in [6, 6.07) is 4.39. The van der Waals surface area contributed by atoms with Crippen molar-refractivity contribution in [3.05, 3.63) is 23.8 Å². The molecule has 17 heavy (non-hydrogen) atoms. The molecule has 94 valence electrons. The van der Waals surface area contributed by atoms with Gasteiger partial charge in [-0.3, -0.25) is 4.79 Å². The van der Waals surface area contributed by atoms with Crippen LogP contribution in [0.15, 0.2) is 18.2 Å². The normalized spacial score (nSPS) is 11.1. The lowest BCUT2D eigenvalue weighted by molar-refractivity contribution is -0.123. The Hall–Kier alpha value is -1.92. The van der Waals surface area contributed by atoms with Crippen LogP contribution in [0, 0.1) is 0 Å². The molecule has 1 aromatic carbocycles. The van der Waals surface area contributed by atoms with E-state index in [2.05, 4.69) is 0 Å². The monoisotopic (exact) mass is 248 g/mol. The first-order valence-corrected chi connectivity index (χ1v) is 4.62. The second-order valence-electron chi connectivity index (χ2n) is 3.22. The van der Waals surface area contributed by atoms with Crippen molar-refractivity contribution in [3.63, 3.8) is 0 Å². The van der Waals surface area contributed by atoms with E-state index < -0.39 is 18.6 Å². The van der Waals surface area contributed by atoms with Crippen LogP contribution in [0.4, 0.5) is 18.9 Å². The van der Waals surface area contributed by atoms with Crippen LogP contribution in [0.3, 0.4) is 0 Å². The highest BCUT2D eigenvalue weighted by Gasteiger charge is 2.28. The van der Waals surface area contributed by atoms with Gasteiger partial charge >= 0.3 is 6.18 Å². The highest BCUT2D eigenvalue weighted by Crippen LogP contribution is 2.24. The molecule has 0 atom stereocenters. The number of rotatable bonds is 3. The van der Waals surface area contributed by atoms with Crippen LogP contribution in [0.5, 0.6) is 5.75 Å². The molecule has 0 aliphatic rings. The van der Waals surface area contributed by atoms with Gasteiger partial charge in [-0.05, 0) is 12.1 Å². The van der Waals surface area contributed by atoms with Gasteiger partial charge in [-0.2, -0.15) is 13.2 Å². The van der Waals surface area contributed by atoms with Crippen molar-refractivity contribution in [1.82, 2.24) is 5.32 Å². The third-order valence-corrected chi connectivity index (χ3v) is 1.95. The molecular formula is C10H11F3N2O2. The molecule has 0 aliphatic heterocycles. The summed E-state index contributed by atoms with van der Waals surface area (Å²) >= 11 is 0. The molecule has 0 heterocycles. The summed E-state index contributed by atoms with van der Waals surface area (Å²) in [5.74, 6) is -0.790. The van der Waals surface area contributed by atoms with E-state index in [1.807, 2.05) is 0 Å². The van der Waals surface area contributed by atoms with Crippen LogP contribution in [0.25, 0.3) is 0 Å². The van der Waals surface area contributed by atoms with Gasteiger partial charge in [0.15, 0.2) is 0 Å². The van der Waals surface area contributed by atoms with Crippen LogP contribution in [-0.4, -0.2) is 25.7 Å².